The highest BCUT2D eigenvalue weighted by Gasteiger charge is 2.20. The van der Waals surface area contributed by atoms with Crippen molar-refractivity contribution in [3.05, 3.63) is 89.5 Å². The summed E-state index contributed by atoms with van der Waals surface area (Å²) in [6.45, 7) is 4.82. The van der Waals surface area contributed by atoms with E-state index in [1.54, 1.807) is 25.1 Å². The Morgan fingerprint density at radius 3 is 2.39 bits per heavy atom. The Bertz CT molecular complexity index is 1510. The number of nitrogens with one attached hydrogen (secondary N) is 2. The van der Waals surface area contributed by atoms with E-state index in [4.69, 9.17) is 4.99 Å². The number of halogens is 1. The van der Waals surface area contributed by atoms with Crippen molar-refractivity contribution in [1.82, 2.24) is 9.88 Å². The van der Waals surface area contributed by atoms with Gasteiger partial charge in [-0.15, -0.1) is 12.4 Å². The van der Waals surface area contributed by atoms with Crippen LogP contribution in [0.4, 0.5) is 11.4 Å². The number of aromatic nitrogens is 1. The normalized spacial score (nSPS) is 14.8. The fourth-order valence-electron chi connectivity index (χ4n) is 4.77. The standard InChI is InChI=1S/C29H32N4O3S.ClH/c1-2-37(35,36)32-24-15-16-26-25(19-24)27(29(34)31-26)28(22-9-5-3-6-10-22)30-23-13-11-21(12-14-23)20-33-17-7-4-8-18-33;/h3,5-6,9-16,19,31-32,34H,2,4,7-8,17-18,20H2,1H3;1H. The number of sulfonamides is 1. The molecular formula is C29H33ClN4O3S. The van der Waals surface area contributed by atoms with Gasteiger partial charge in [-0.3, -0.25) is 9.62 Å². The van der Waals surface area contributed by atoms with Gasteiger partial charge in [0.2, 0.25) is 10.0 Å². The topological polar surface area (TPSA) is 97.8 Å². The third kappa shape index (κ3) is 6.38. The van der Waals surface area contributed by atoms with Crippen LogP contribution in [-0.2, 0) is 16.6 Å². The number of aromatic amines is 1. The van der Waals surface area contributed by atoms with Crippen molar-refractivity contribution in [3.8, 4) is 5.88 Å². The molecule has 0 bridgehead atoms. The van der Waals surface area contributed by atoms with Crippen LogP contribution in [0.15, 0.2) is 77.8 Å². The smallest absolute Gasteiger partial charge is 0.232 e. The van der Waals surface area contributed by atoms with E-state index in [0.717, 1.165) is 30.9 Å². The summed E-state index contributed by atoms with van der Waals surface area (Å²) in [5.41, 5.74) is 5.12. The molecule has 1 saturated heterocycles. The molecule has 2 heterocycles. The van der Waals surface area contributed by atoms with Gasteiger partial charge in [-0.2, -0.15) is 0 Å². The van der Waals surface area contributed by atoms with E-state index in [1.807, 2.05) is 42.5 Å². The van der Waals surface area contributed by atoms with Crippen LogP contribution in [0.2, 0.25) is 0 Å². The predicted octanol–water partition coefficient (Wildman–Crippen LogP) is 6.21. The summed E-state index contributed by atoms with van der Waals surface area (Å²) in [5, 5.41) is 11.6. The van der Waals surface area contributed by atoms with Crippen LogP contribution in [0.5, 0.6) is 5.88 Å². The molecule has 9 heteroatoms. The average Bonchev–Trinajstić information content (AvgIpc) is 3.24. The molecule has 3 aromatic carbocycles. The number of rotatable bonds is 8. The number of piperidine rings is 1. The Labute approximate surface area is 230 Å². The van der Waals surface area contributed by atoms with Crippen LogP contribution in [0.25, 0.3) is 10.9 Å². The maximum Gasteiger partial charge on any atom is 0.232 e. The zero-order chi connectivity index (χ0) is 25.8. The Hall–Kier alpha value is -3.33. The van der Waals surface area contributed by atoms with Gasteiger partial charge in [-0.05, 0) is 68.8 Å². The summed E-state index contributed by atoms with van der Waals surface area (Å²) in [6, 6.07) is 23.1. The molecule has 1 fully saturated rings. The largest absolute Gasteiger partial charge is 0.494 e. The van der Waals surface area contributed by atoms with Crippen molar-refractivity contribution in [2.45, 2.75) is 32.7 Å². The summed E-state index contributed by atoms with van der Waals surface area (Å²) < 4.78 is 26.9. The molecule has 1 aliphatic heterocycles. The molecule has 0 unspecified atom stereocenters. The summed E-state index contributed by atoms with van der Waals surface area (Å²) >= 11 is 0. The van der Waals surface area contributed by atoms with Crippen LogP contribution in [-0.4, -0.2) is 48.0 Å². The second kappa shape index (κ2) is 12.0. The monoisotopic (exact) mass is 552 g/mol. The van der Waals surface area contributed by atoms with Crippen molar-refractivity contribution in [2.75, 3.05) is 23.6 Å². The average molecular weight is 553 g/mol. The van der Waals surface area contributed by atoms with Gasteiger partial charge in [-0.25, -0.2) is 13.4 Å². The first-order chi connectivity index (χ1) is 17.9. The van der Waals surface area contributed by atoms with E-state index in [0.29, 0.717) is 27.9 Å². The molecule has 5 rings (SSSR count). The number of anilines is 1. The van der Waals surface area contributed by atoms with E-state index < -0.39 is 10.0 Å². The summed E-state index contributed by atoms with van der Waals surface area (Å²) in [5.74, 6) is -0.0457. The van der Waals surface area contributed by atoms with Crippen LogP contribution in [0, 0.1) is 0 Å². The van der Waals surface area contributed by atoms with Gasteiger partial charge in [0.1, 0.15) is 0 Å². The van der Waals surface area contributed by atoms with Crippen LogP contribution >= 0.6 is 12.4 Å². The molecule has 0 saturated carbocycles. The van der Waals surface area contributed by atoms with Gasteiger partial charge in [0.15, 0.2) is 5.88 Å². The molecule has 200 valence electrons. The molecule has 0 aliphatic carbocycles. The van der Waals surface area contributed by atoms with Gasteiger partial charge in [0.25, 0.3) is 0 Å². The number of nitrogens with zero attached hydrogens (tertiary/aromatic N) is 2. The zero-order valence-corrected chi connectivity index (χ0v) is 23.0. The fourth-order valence-corrected chi connectivity index (χ4v) is 5.40. The molecule has 1 aromatic heterocycles. The fraction of sp³-hybridized carbons (Fsp3) is 0.276. The van der Waals surface area contributed by atoms with Gasteiger partial charge < -0.3 is 10.1 Å². The quantitative estimate of drug-likeness (QED) is 0.226. The Kier molecular flexibility index (Phi) is 8.76. The predicted molar refractivity (Wildman–Crippen MR) is 158 cm³/mol. The van der Waals surface area contributed by atoms with E-state index in [1.165, 1.54) is 24.8 Å². The number of likely N-dealkylation sites (tertiary alicyclic amines) is 1. The first-order valence-corrected chi connectivity index (χ1v) is 14.4. The van der Waals surface area contributed by atoms with Crippen molar-refractivity contribution in [1.29, 1.82) is 0 Å². The first kappa shape index (κ1) is 27.7. The van der Waals surface area contributed by atoms with Gasteiger partial charge in [0.05, 0.1) is 22.7 Å². The number of aliphatic imine (C=N–C) groups is 1. The third-order valence-corrected chi connectivity index (χ3v) is 8.06. The molecule has 0 radical (unpaired) electrons. The molecule has 38 heavy (non-hydrogen) atoms. The molecule has 4 aromatic rings. The number of hydrogen-bond acceptors (Lipinski definition) is 5. The van der Waals surface area contributed by atoms with Crippen molar-refractivity contribution in [2.24, 2.45) is 4.99 Å². The summed E-state index contributed by atoms with van der Waals surface area (Å²) in [6.07, 6.45) is 3.84. The second-order valence-electron chi connectivity index (χ2n) is 9.44. The van der Waals surface area contributed by atoms with Crippen LogP contribution in [0.1, 0.15) is 42.9 Å². The SMILES string of the molecule is CCS(=O)(=O)Nc1ccc2[nH]c(O)c(C(=Nc3ccc(CN4CCCCC4)cc3)c3ccccc3)c2c1.Cl. The highest BCUT2D eigenvalue weighted by atomic mass is 35.5. The lowest BCUT2D eigenvalue weighted by molar-refractivity contribution is 0.221. The lowest BCUT2D eigenvalue weighted by atomic mass is 10.0. The van der Waals surface area contributed by atoms with Crippen molar-refractivity contribution >= 4 is 50.4 Å². The number of fused-ring (bicyclic) bond motifs is 1. The highest BCUT2D eigenvalue weighted by Crippen LogP contribution is 2.33. The Balaban J connectivity index is 0.00000336. The van der Waals surface area contributed by atoms with Gasteiger partial charge in [0, 0.05) is 28.7 Å². The molecule has 7 nitrogen and oxygen atoms in total. The Morgan fingerprint density at radius 2 is 1.71 bits per heavy atom. The van der Waals surface area contributed by atoms with Crippen LogP contribution < -0.4 is 4.72 Å². The molecule has 0 amide bonds. The molecule has 1 aliphatic rings. The maximum absolute atomic E-state index is 12.1. The minimum atomic E-state index is -3.44. The van der Waals surface area contributed by atoms with E-state index in [-0.39, 0.29) is 24.0 Å². The lowest BCUT2D eigenvalue weighted by Gasteiger charge is -2.26. The number of aromatic hydroxyl groups is 1. The van der Waals surface area contributed by atoms with Crippen molar-refractivity contribution in [3.63, 3.8) is 0 Å². The molecule has 0 atom stereocenters. The van der Waals surface area contributed by atoms with Gasteiger partial charge >= 0.3 is 0 Å². The van der Waals surface area contributed by atoms with E-state index in [9.17, 15) is 13.5 Å². The van der Waals surface area contributed by atoms with E-state index >= 15 is 0 Å². The lowest BCUT2D eigenvalue weighted by Crippen LogP contribution is -2.28. The molecular weight excluding hydrogens is 520 g/mol. The maximum atomic E-state index is 12.1. The minimum absolute atomic E-state index is 0. The summed E-state index contributed by atoms with van der Waals surface area (Å²) in [7, 11) is -3.44. The minimum Gasteiger partial charge on any atom is -0.494 e. The first-order valence-electron chi connectivity index (χ1n) is 12.7. The second-order valence-corrected chi connectivity index (χ2v) is 11.5. The number of benzene rings is 3. The van der Waals surface area contributed by atoms with Gasteiger partial charge in [-0.1, -0.05) is 48.9 Å². The number of H-pyrrole nitrogens is 1. The molecule has 0 spiro atoms. The van der Waals surface area contributed by atoms with Crippen molar-refractivity contribution < 1.29 is 13.5 Å². The third-order valence-electron chi connectivity index (χ3n) is 6.75. The van der Waals surface area contributed by atoms with E-state index in [2.05, 4.69) is 26.7 Å². The highest BCUT2D eigenvalue weighted by molar-refractivity contribution is 7.92. The molecule has 3 N–H and O–H groups in total. The number of hydrogen-bond donors (Lipinski definition) is 3. The van der Waals surface area contributed by atoms with Crippen LogP contribution in [0.3, 0.4) is 0 Å². The zero-order valence-electron chi connectivity index (χ0n) is 21.4. The summed E-state index contributed by atoms with van der Waals surface area (Å²) in [4.78, 5) is 10.5. The Morgan fingerprint density at radius 1 is 1.00 bits per heavy atom.